The van der Waals surface area contributed by atoms with E-state index in [1.165, 1.54) is 4.68 Å². The molecular weight excluding hydrogens is 296 g/mol. The summed E-state index contributed by atoms with van der Waals surface area (Å²) >= 11 is 0. The van der Waals surface area contributed by atoms with E-state index in [9.17, 15) is 9.59 Å². The quantitative estimate of drug-likeness (QED) is 0.875. The number of morpholine rings is 1. The van der Waals surface area contributed by atoms with Crippen LogP contribution in [-0.4, -0.2) is 48.0 Å². The molecule has 1 aliphatic heterocycles. The van der Waals surface area contributed by atoms with Crippen LogP contribution in [0.25, 0.3) is 0 Å². The second-order valence-corrected chi connectivity index (χ2v) is 6.91. The zero-order valence-electron chi connectivity index (χ0n) is 14.3. The maximum atomic E-state index is 11.9. The van der Waals surface area contributed by atoms with E-state index in [1.54, 1.807) is 19.3 Å². The van der Waals surface area contributed by atoms with E-state index in [0.29, 0.717) is 19.7 Å². The first-order valence-corrected chi connectivity index (χ1v) is 7.95. The number of rotatable bonds is 4. The monoisotopic (exact) mass is 322 g/mol. The molecule has 23 heavy (non-hydrogen) atoms. The van der Waals surface area contributed by atoms with Gasteiger partial charge in [-0.2, -0.15) is 5.10 Å². The van der Waals surface area contributed by atoms with Crippen molar-refractivity contribution in [3.05, 3.63) is 22.6 Å². The van der Waals surface area contributed by atoms with Crippen LogP contribution in [0, 0.1) is 5.41 Å². The lowest BCUT2D eigenvalue weighted by atomic mass is 9.95. The average Bonchev–Trinajstić information content (AvgIpc) is 2.49. The van der Waals surface area contributed by atoms with Gasteiger partial charge in [0.05, 0.1) is 24.6 Å². The van der Waals surface area contributed by atoms with Gasteiger partial charge in [-0.05, 0) is 6.42 Å². The van der Waals surface area contributed by atoms with Crippen LogP contribution in [0.3, 0.4) is 0 Å². The lowest BCUT2D eigenvalue weighted by molar-refractivity contribution is -0.128. The Labute approximate surface area is 136 Å². The number of hydrogen-bond donors (Lipinski definition) is 1. The van der Waals surface area contributed by atoms with E-state index in [2.05, 4.69) is 15.3 Å². The Morgan fingerprint density at radius 2 is 2.22 bits per heavy atom. The molecular formula is C16H26N4O3. The smallest absolute Gasteiger partial charge is 0.268 e. The third-order valence-corrected chi connectivity index (χ3v) is 3.89. The van der Waals surface area contributed by atoms with Crippen LogP contribution in [0.1, 0.15) is 27.2 Å². The normalized spacial score (nSPS) is 18.8. The fourth-order valence-electron chi connectivity index (χ4n) is 2.37. The van der Waals surface area contributed by atoms with E-state index in [1.807, 2.05) is 20.8 Å². The van der Waals surface area contributed by atoms with Crippen molar-refractivity contribution >= 4 is 11.6 Å². The highest BCUT2D eigenvalue weighted by Crippen LogP contribution is 2.16. The number of ether oxygens (including phenoxy) is 1. The zero-order valence-corrected chi connectivity index (χ0v) is 14.3. The van der Waals surface area contributed by atoms with Crippen LogP contribution in [0.15, 0.2) is 17.1 Å². The molecule has 2 heterocycles. The molecule has 0 aliphatic carbocycles. The fraction of sp³-hybridized carbons (Fsp3) is 0.688. The van der Waals surface area contributed by atoms with Crippen LogP contribution in [0.2, 0.25) is 0 Å². The van der Waals surface area contributed by atoms with Gasteiger partial charge in [0.15, 0.2) is 0 Å². The van der Waals surface area contributed by atoms with E-state index in [0.717, 1.165) is 18.7 Å². The lowest BCUT2D eigenvalue weighted by Gasteiger charge is -2.34. The summed E-state index contributed by atoms with van der Waals surface area (Å²) in [5.74, 6) is 0.0425. The van der Waals surface area contributed by atoms with E-state index >= 15 is 0 Å². The molecule has 0 saturated carbocycles. The first-order chi connectivity index (χ1) is 10.8. The predicted octanol–water partition coefficient (Wildman–Crippen LogP) is 0.538. The second kappa shape index (κ2) is 7.12. The highest BCUT2D eigenvalue weighted by Gasteiger charge is 2.23. The van der Waals surface area contributed by atoms with Crippen LogP contribution in [-0.2, 0) is 16.6 Å². The number of amides is 1. The standard InChI is InChI=1S/C16H26N4O3/c1-16(2,3)15(22)17-6-5-13-11-20(7-8-23-13)12-9-14(21)19(4)18-10-12/h9-10,13H,5-8,11H2,1-4H3,(H,17,22). The Morgan fingerprint density at radius 3 is 2.87 bits per heavy atom. The minimum absolute atomic E-state index is 0.0353. The summed E-state index contributed by atoms with van der Waals surface area (Å²) in [7, 11) is 1.63. The summed E-state index contributed by atoms with van der Waals surface area (Å²) in [5, 5.41) is 6.99. The van der Waals surface area contributed by atoms with Gasteiger partial charge in [0, 0.05) is 38.2 Å². The molecule has 1 fully saturated rings. The number of carbonyl (C=O) groups is 1. The maximum Gasteiger partial charge on any atom is 0.268 e. The van der Waals surface area contributed by atoms with Gasteiger partial charge in [0.1, 0.15) is 0 Å². The summed E-state index contributed by atoms with van der Waals surface area (Å²) in [6.07, 6.45) is 2.48. The average molecular weight is 322 g/mol. The molecule has 0 bridgehead atoms. The summed E-state index contributed by atoms with van der Waals surface area (Å²) in [6.45, 7) is 8.30. The highest BCUT2D eigenvalue weighted by molar-refractivity contribution is 5.81. The summed E-state index contributed by atoms with van der Waals surface area (Å²) in [5.41, 5.74) is 0.318. The molecule has 1 aliphatic rings. The fourth-order valence-corrected chi connectivity index (χ4v) is 2.37. The molecule has 7 nitrogen and oxygen atoms in total. The van der Waals surface area contributed by atoms with E-state index in [4.69, 9.17) is 4.74 Å². The van der Waals surface area contributed by atoms with Crippen molar-refractivity contribution < 1.29 is 9.53 Å². The first kappa shape index (κ1) is 17.5. The molecule has 2 rings (SSSR count). The van der Waals surface area contributed by atoms with Gasteiger partial charge in [0.25, 0.3) is 5.56 Å². The number of carbonyl (C=O) groups excluding carboxylic acids is 1. The Kier molecular flexibility index (Phi) is 5.41. The van der Waals surface area contributed by atoms with E-state index in [-0.39, 0.29) is 23.0 Å². The number of anilines is 1. The molecule has 1 amide bonds. The lowest BCUT2D eigenvalue weighted by Crippen LogP contribution is -2.45. The van der Waals surface area contributed by atoms with Gasteiger partial charge in [-0.1, -0.05) is 20.8 Å². The third-order valence-electron chi connectivity index (χ3n) is 3.89. The van der Waals surface area contributed by atoms with Crippen molar-refractivity contribution in [1.29, 1.82) is 0 Å². The molecule has 0 spiro atoms. The number of hydrogen-bond acceptors (Lipinski definition) is 5. The number of aryl methyl sites for hydroxylation is 1. The molecule has 1 saturated heterocycles. The Hall–Kier alpha value is -1.89. The minimum Gasteiger partial charge on any atom is -0.374 e. The van der Waals surface area contributed by atoms with E-state index < -0.39 is 0 Å². The topological polar surface area (TPSA) is 76.5 Å². The third kappa shape index (κ3) is 4.79. The van der Waals surface area contributed by atoms with Crippen LogP contribution >= 0.6 is 0 Å². The van der Waals surface area contributed by atoms with Crippen molar-refractivity contribution in [2.24, 2.45) is 12.5 Å². The van der Waals surface area contributed by atoms with Gasteiger partial charge < -0.3 is 15.0 Å². The Bertz CT molecular complexity index is 606. The van der Waals surface area contributed by atoms with Gasteiger partial charge in [-0.25, -0.2) is 4.68 Å². The highest BCUT2D eigenvalue weighted by atomic mass is 16.5. The van der Waals surface area contributed by atoms with Gasteiger partial charge in [0.2, 0.25) is 5.91 Å². The molecule has 1 aromatic heterocycles. The molecule has 128 valence electrons. The first-order valence-electron chi connectivity index (χ1n) is 7.95. The largest absolute Gasteiger partial charge is 0.374 e. The molecule has 1 N–H and O–H groups in total. The Balaban J connectivity index is 1.87. The molecule has 1 atom stereocenters. The predicted molar refractivity (Wildman–Crippen MR) is 88.5 cm³/mol. The van der Waals surface area contributed by atoms with Crippen molar-refractivity contribution in [2.75, 3.05) is 31.1 Å². The number of aromatic nitrogens is 2. The van der Waals surface area contributed by atoms with Crippen LogP contribution < -0.4 is 15.8 Å². The Morgan fingerprint density at radius 1 is 1.48 bits per heavy atom. The maximum absolute atomic E-state index is 11.9. The minimum atomic E-state index is -0.380. The molecule has 0 aromatic carbocycles. The summed E-state index contributed by atoms with van der Waals surface area (Å²) < 4.78 is 7.06. The van der Waals surface area contributed by atoms with Gasteiger partial charge in [-0.3, -0.25) is 9.59 Å². The van der Waals surface area contributed by atoms with Crippen molar-refractivity contribution in [1.82, 2.24) is 15.1 Å². The van der Waals surface area contributed by atoms with Crippen LogP contribution in [0.4, 0.5) is 5.69 Å². The summed E-state index contributed by atoms with van der Waals surface area (Å²) in [4.78, 5) is 25.7. The number of nitrogens with zero attached hydrogens (tertiary/aromatic N) is 3. The molecule has 7 heteroatoms. The van der Waals surface area contributed by atoms with Gasteiger partial charge >= 0.3 is 0 Å². The zero-order chi connectivity index (χ0) is 17.0. The molecule has 1 aromatic rings. The molecule has 0 radical (unpaired) electrons. The SMILES string of the molecule is Cn1ncc(N2CCOC(CCNC(=O)C(C)(C)C)C2)cc1=O. The second-order valence-electron chi connectivity index (χ2n) is 6.91. The van der Waals surface area contributed by atoms with Crippen molar-refractivity contribution in [3.63, 3.8) is 0 Å². The van der Waals surface area contributed by atoms with Crippen molar-refractivity contribution in [2.45, 2.75) is 33.3 Å². The van der Waals surface area contributed by atoms with Gasteiger partial charge in [-0.15, -0.1) is 0 Å². The van der Waals surface area contributed by atoms with Crippen molar-refractivity contribution in [3.8, 4) is 0 Å². The number of nitrogens with one attached hydrogen (secondary N) is 1. The summed E-state index contributed by atoms with van der Waals surface area (Å²) in [6, 6.07) is 1.59. The van der Waals surface area contributed by atoms with Crippen LogP contribution in [0.5, 0.6) is 0 Å². The molecule has 1 unspecified atom stereocenters.